The van der Waals surface area contributed by atoms with Crippen molar-refractivity contribution in [3.8, 4) is 0 Å². The van der Waals surface area contributed by atoms with E-state index < -0.39 is 0 Å². The second-order valence-corrected chi connectivity index (χ2v) is 0.909. The predicted molar refractivity (Wildman–Crippen MR) is 28.7 cm³/mol. The molecule has 0 aliphatic heterocycles. The maximum absolute atomic E-state index is 4.76. The van der Waals surface area contributed by atoms with E-state index in [1.807, 2.05) is 0 Å². The van der Waals surface area contributed by atoms with Crippen LogP contribution >= 0.6 is 23.2 Å². The molecule has 0 heterocycles. The monoisotopic (exact) mass is 144 g/mol. The first-order valence-corrected chi connectivity index (χ1v) is 1.60. The van der Waals surface area contributed by atoms with Crippen molar-refractivity contribution in [3.63, 3.8) is 0 Å². The second kappa shape index (κ2) is 17.0. The van der Waals surface area contributed by atoms with Gasteiger partial charge in [-0.15, -0.1) is 23.2 Å². The SMILES string of the molecule is ClCCl.O.[CaH2]. The van der Waals surface area contributed by atoms with Crippen molar-refractivity contribution in [3.05, 3.63) is 0 Å². The molecule has 0 unspecified atom stereocenters. The molecule has 0 fully saturated rings. The third kappa shape index (κ3) is 25.9. The van der Waals surface area contributed by atoms with Gasteiger partial charge in [0.15, 0.2) is 0 Å². The van der Waals surface area contributed by atoms with E-state index in [2.05, 4.69) is 0 Å². The molecule has 2 N–H and O–H groups in total. The molecule has 0 aromatic carbocycles. The van der Waals surface area contributed by atoms with Crippen LogP contribution in [0.3, 0.4) is 0 Å². The van der Waals surface area contributed by atoms with Crippen LogP contribution in [0.15, 0.2) is 0 Å². The van der Waals surface area contributed by atoms with Gasteiger partial charge in [-0.25, -0.2) is 0 Å². The molecule has 0 bridgehead atoms. The number of alkyl halides is 2. The minimum atomic E-state index is 0. The molecule has 0 amide bonds. The van der Waals surface area contributed by atoms with Crippen LogP contribution in [0.2, 0.25) is 0 Å². The Hall–Kier alpha value is 1.80. The maximum atomic E-state index is 4.76. The fourth-order valence-electron chi connectivity index (χ4n) is 0. The Morgan fingerprint density at radius 3 is 1.20 bits per heavy atom. The summed E-state index contributed by atoms with van der Waals surface area (Å²) in [6, 6.07) is 0. The normalized spacial score (nSPS) is 3.60. The summed E-state index contributed by atoms with van der Waals surface area (Å²) in [4.78, 5) is 0. The number of hydrogen-bond donors (Lipinski definition) is 0. The Labute approximate surface area is 70.9 Å². The summed E-state index contributed by atoms with van der Waals surface area (Å²) in [7, 11) is 0. The third-order valence-corrected chi connectivity index (χ3v) is 0. The van der Waals surface area contributed by atoms with Gasteiger partial charge in [0.05, 0.1) is 5.34 Å². The summed E-state index contributed by atoms with van der Waals surface area (Å²) in [6.07, 6.45) is 0. The summed E-state index contributed by atoms with van der Waals surface area (Å²) in [5.41, 5.74) is 0. The molecular formula is CH6CaCl2O. The number of hydrogen-bond acceptors (Lipinski definition) is 0. The van der Waals surface area contributed by atoms with E-state index in [0.29, 0.717) is 0 Å². The van der Waals surface area contributed by atoms with Crippen LogP contribution in [0.4, 0.5) is 0 Å². The summed E-state index contributed by atoms with van der Waals surface area (Å²) in [5, 5.41) is 0.194. The quantitative estimate of drug-likeness (QED) is 0.330. The van der Waals surface area contributed by atoms with E-state index in [1.54, 1.807) is 0 Å². The van der Waals surface area contributed by atoms with Crippen LogP contribution < -0.4 is 0 Å². The molecule has 0 aliphatic carbocycles. The van der Waals surface area contributed by atoms with Crippen LogP contribution in [-0.2, 0) is 0 Å². The van der Waals surface area contributed by atoms with Crippen molar-refractivity contribution in [2.75, 3.05) is 5.34 Å². The van der Waals surface area contributed by atoms with E-state index in [0.717, 1.165) is 0 Å². The van der Waals surface area contributed by atoms with E-state index in [9.17, 15) is 0 Å². The third-order valence-electron chi connectivity index (χ3n) is 0. The standard InChI is InChI=1S/CH2Cl2.Ca.H2O.2H/c2-1-3;;;;/h1H2;;1H2;;. The molecule has 0 aromatic heterocycles. The predicted octanol–water partition coefficient (Wildman–Crippen LogP) is -0.319. The molecule has 0 saturated heterocycles. The van der Waals surface area contributed by atoms with Gasteiger partial charge >= 0.3 is 37.7 Å². The summed E-state index contributed by atoms with van der Waals surface area (Å²) < 4.78 is 0. The van der Waals surface area contributed by atoms with Gasteiger partial charge in [-0.05, 0) is 0 Å². The van der Waals surface area contributed by atoms with Gasteiger partial charge in [-0.3, -0.25) is 0 Å². The van der Waals surface area contributed by atoms with Crippen LogP contribution in [-0.4, -0.2) is 48.6 Å². The Balaban J connectivity index is -0.0000000200. The average Bonchev–Trinajstić information content (AvgIpc) is 0.918. The van der Waals surface area contributed by atoms with Crippen LogP contribution in [0, 0.1) is 0 Å². The average molecular weight is 145 g/mol. The molecule has 5 heavy (non-hydrogen) atoms. The van der Waals surface area contributed by atoms with Gasteiger partial charge in [0.1, 0.15) is 0 Å². The Bertz CT molecular complexity index is 9.61. The van der Waals surface area contributed by atoms with Gasteiger partial charge in [0.25, 0.3) is 0 Å². The van der Waals surface area contributed by atoms with E-state index in [4.69, 9.17) is 23.2 Å². The van der Waals surface area contributed by atoms with Crippen LogP contribution in [0.5, 0.6) is 0 Å². The van der Waals surface area contributed by atoms with Crippen molar-refractivity contribution in [1.29, 1.82) is 0 Å². The molecule has 4 heteroatoms. The molecule has 0 rings (SSSR count). The molecule has 0 aromatic rings. The van der Waals surface area contributed by atoms with E-state index in [-0.39, 0.29) is 48.6 Å². The molecule has 1 nitrogen and oxygen atoms in total. The Kier molecular flexibility index (Phi) is 54.0. The van der Waals surface area contributed by atoms with Gasteiger partial charge in [0, 0.05) is 0 Å². The number of rotatable bonds is 0. The van der Waals surface area contributed by atoms with Gasteiger partial charge in [-0.1, -0.05) is 0 Å². The van der Waals surface area contributed by atoms with Gasteiger partial charge < -0.3 is 5.48 Å². The molecule has 0 spiro atoms. The topological polar surface area (TPSA) is 31.5 Å². The molecule has 0 saturated carbocycles. The summed E-state index contributed by atoms with van der Waals surface area (Å²) >= 11 is 9.53. The summed E-state index contributed by atoms with van der Waals surface area (Å²) in [6.45, 7) is 0. The Morgan fingerprint density at radius 2 is 1.20 bits per heavy atom. The summed E-state index contributed by atoms with van der Waals surface area (Å²) in [5.74, 6) is 0. The molecule has 0 atom stereocenters. The van der Waals surface area contributed by atoms with Gasteiger partial charge in [0.2, 0.25) is 0 Å². The molecular weight excluding hydrogens is 139 g/mol. The molecule has 0 radical (unpaired) electrons. The fourth-order valence-corrected chi connectivity index (χ4v) is 0. The van der Waals surface area contributed by atoms with Crippen LogP contribution in [0.25, 0.3) is 0 Å². The molecule has 32 valence electrons. The fraction of sp³-hybridized carbons (Fsp3) is 1.00. The molecule has 0 aliphatic rings. The van der Waals surface area contributed by atoms with E-state index >= 15 is 0 Å². The van der Waals surface area contributed by atoms with Gasteiger partial charge in [-0.2, -0.15) is 0 Å². The zero-order chi connectivity index (χ0) is 2.71. The first kappa shape index (κ1) is 15.8. The van der Waals surface area contributed by atoms with Crippen molar-refractivity contribution < 1.29 is 5.48 Å². The zero-order valence-corrected chi connectivity index (χ0v) is 3.47. The van der Waals surface area contributed by atoms with Crippen molar-refractivity contribution in [1.82, 2.24) is 0 Å². The zero-order valence-electron chi connectivity index (χ0n) is 1.96. The number of halogens is 2. The van der Waals surface area contributed by atoms with Crippen LogP contribution in [0.1, 0.15) is 0 Å². The van der Waals surface area contributed by atoms with E-state index in [1.165, 1.54) is 0 Å². The minimum absolute atomic E-state index is 0. The second-order valence-electron chi connectivity index (χ2n) is 0.101. The first-order valence-electron chi connectivity index (χ1n) is 0.535. The Morgan fingerprint density at radius 1 is 1.20 bits per heavy atom. The van der Waals surface area contributed by atoms with Crippen molar-refractivity contribution in [2.24, 2.45) is 0 Å². The van der Waals surface area contributed by atoms with Crippen molar-refractivity contribution in [2.45, 2.75) is 0 Å². The van der Waals surface area contributed by atoms with Crippen molar-refractivity contribution >= 4 is 60.9 Å². The first-order chi connectivity index (χ1) is 1.41.